The highest BCUT2D eigenvalue weighted by Crippen LogP contribution is 2.32. The van der Waals surface area contributed by atoms with Gasteiger partial charge < -0.3 is 4.57 Å². The van der Waals surface area contributed by atoms with Gasteiger partial charge in [-0.1, -0.05) is 35.2 Å². The van der Waals surface area contributed by atoms with E-state index in [1.165, 1.54) is 49.1 Å². The molecule has 0 spiro atoms. The maximum Gasteiger partial charge on any atom is 0.0630 e. The zero-order chi connectivity index (χ0) is 15.5. The average molecular weight is 359 g/mol. The smallest absolute Gasteiger partial charge is 0.0630 e. The van der Waals surface area contributed by atoms with E-state index in [1.54, 1.807) is 0 Å². The molecule has 0 amide bonds. The van der Waals surface area contributed by atoms with Gasteiger partial charge in [0.25, 0.3) is 0 Å². The van der Waals surface area contributed by atoms with Crippen molar-refractivity contribution >= 4 is 27.8 Å². The number of nitrogens with zero attached hydrogens (tertiary/aromatic N) is 2. The van der Waals surface area contributed by atoms with Gasteiger partial charge in [-0.15, -0.1) is 0 Å². The Labute approximate surface area is 141 Å². The third kappa shape index (κ3) is 3.35. The highest BCUT2D eigenvalue weighted by Gasteiger charge is 2.19. The van der Waals surface area contributed by atoms with Crippen molar-refractivity contribution in [3.63, 3.8) is 0 Å². The number of hydrogen-bond donors (Lipinski definition) is 0. The Balaban J connectivity index is 1.84. The number of aliphatic imine (C=N–C) groups is 1. The zero-order valence-corrected chi connectivity index (χ0v) is 14.9. The van der Waals surface area contributed by atoms with Crippen molar-refractivity contribution in [1.82, 2.24) is 4.57 Å². The molecule has 1 saturated carbocycles. The van der Waals surface area contributed by atoms with Crippen LogP contribution in [0.5, 0.6) is 0 Å². The van der Waals surface area contributed by atoms with Crippen molar-refractivity contribution in [3.8, 4) is 0 Å². The minimum absolute atomic E-state index is 0.684. The van der Waals surface area contributed by atoms with E-state index in [-0.39, 0.29) is 0 Å². The van der Waals surface area contributed by atoms with Crippen LogP contribution in [0.2, 0.25) is 0 Å². The van der Waals surface area contributed by atoms with Crippen LogP contribution in [0.15, 0.2) is 39.8 Å². The Morgan fingerprint density at radius 2 is 1.77 bits per heavy atom. The van der Waals surface area contributed by atoms with Crippen molar-refractivity contribution < 1.29 is 0 Å². The summed E-state index contributed by atoms with van der Waals surface area (Å²) >= 11 is 3.45. The quantitative estimate of drug-likeness (QED) is 0.587. The van der Waals surface area contributed by atoms with Crippen LogP contribution >= 0.6 is 15.9 Å². The van der Waals surface area contributed by atoms with Crippen molar-refractivity contribution in [2.75, 3.05) is 0 Å². The number of halogens is 1. The molecular weight excluding hydrogens is 336 g/mol. The van der Waals surface area contributed by atoms with E-state index >= 15 is 0 Å². The molecule has 22 heavy (non-hydrogen) atoms. The summed E-state index contributed by atoms with van der Waals surface area (Å²) in [6.07, 6.45) is 8.77. The summed E-state index contributed by atoms with van der Waals surface area (Å²) in [5.41, 5.74) is 4.95. The van der Waals surface area contributed by atoms with Gasteiger partial charge in [-0.2, -0.15) is 0 Å². The van der Waals surface area contributed by atoms with Crippen molar-refractivity contribution in [2.45, 2.75) is 52.0 Å². The van der Waals surface area contributed by atoms with Crippen LogP contribution in [0.25, 0.3) is 0 Å². The molecule has 1 aromatic heterocycles. The summed E-state index contributed by atoms with van der Waals surface area (Å²) in [4.78, 5) is 4.62. The van der Waals surface area contributed by atoms with E-state index in [0.717, 1.165) is 10.2 Å². The molecule has 3 heteroatoms. The fourth-order valence-electron chi connectivity index (χ4n) is 3.51. The van der Waals surface area contributed by atoms with Crippen molar-refractivity contribution in [1.29, 1.82) is 0 Å². The number of hydrogen-bond acceptors (Lipinski definition) is 1. The molecule has 0 saturated heterocycles. The Morgan fingerprint density at radius 3 is 2.45 bits per heavy atom. The van der Waals surface area contributed by atoms with Crippen LogP contribution in [0.1, 0.15) is 55.1 Å². The largest absolute Gasteiger partial charge is 0.345 e. The lowest BCUT2D eigenvalue weighted by Crippen LogP contribution is -2.15. The molecule has 0 N–H and O–H groups in total. The molecule has 3 rings (SSSR count). The van der Waals surface area contributed by atoms with Gasteiger partial charge in [0, 0.05) is 33.7 Å². The Morgan fingerprint density at radius 1 is 1.09 bits per heavy atom. The molecule has 0 bridgehead atoms. The Kier molecular flexibility index (Phi) is 4.82. The predicted octanol–water partition coefficient (Wildman–Crippen LogP) is 6.12. The second-order valence-electron chi connectivity index (χ2n) is 6.22. The molecule has 1 fully saturated rings. The number of aromatic nitrogens is 1. The van der Waals surface area contributed by atoms with Gasteiger partial charge in [-0.05, 0) is 57.0 Å². The SMILES string of the molecule is Cc1cc(C=Nc2ccc(Br)cc2)c(C)n1C1CCCCC1. The number of aryl methyl sites for hydroxylation is 1. The highest BCUT2D eigenvalue weighted by atomic mass is 79.9. The van der Waals surface area contributed by atoms with Crippen LogP contribution in [-0.2, 0) is 0 Å². The van der Waals surface area contributed by atoms with Crippen LogP contribution in [0.4, 0.5) is 5.69 Å². The fourth-order valence-corrected chi connectivity index (χ4v) is 3.77. The maximum absolute atomic E-state index is 4.62. The van der Waals surface area contributed by atoms with Gasteiger partial charge in [0.05, 0.1) is 5.69 Å². The summed E-state index contributed by atoms with van der Waals surface area (Å²) < 4.78 is 3.61. The number of rotatable bonds is 3. The first-order chi connectivity index (χ1) is 10.6. The van der Waals surface area contributed by atoms with Gasteiger partial charge in [0.1, 0.15) is 0 Å². The molecule has 0 unspecified atom stereocenters. The normalized spacial score (nSPS) is 16.5. The second kappa shape index (κ2) is 6.82. The predicted molar refractivity (Wildman–Crippen MR) is 97.4 cm³/mol. The minimum Gasteiger partial charge on any atom is -0.345 e. The average Bonchev–Trinajstić information content (AvgIpc) is 2.82. The van der Waals surface area contributed by atoms with Gasteiger partial charge in [0.2, 0.25) is 0 Å². The van der Waals surface area contributed by atoms with Gasteiger partial charge in [-0.25, -0.2) is 0 Å². The number of benzene rings is 1. The summed E-state index contributed by atoms with van der Waals surface area (Å²) in [5.74, 6) is 0. The summed E-state index contributed by atoms with van der Waals surface area (Å²) in [5, 5.41) is 0. The maximum atomic E-state index is 4.62. The minimum atomic E-state index is 0.684. The van der Waals surface area contributed by atoms with Crippen LogP contribution in [-0.4, -0.2) is 10.8 Å². The Bertz CT molecular complexity index is 661. The molecule has 1 aliphatic carbocycles. The summed E-state index contributed by atoms with van der Waals surface area (Å²) in [6.45, 7) is 4.45. The second-order valence-corrected chi connectivity index (χ2v) is 7.14. The fraction of sp³-hybridized carbons (Fsp3) is 0.421. The lowest BCUT2D eigenvalue weighted by Gasteiger charge is -2.26. The van der Waals surface area contributed by atoms with Gasteiger partial charge in [-0.3, -0.25) is 4.99 Å². The lowest BCUT2D eigenvalue weighted by molar-refractivity contribution is 0.346. The van der Waals surface area contributed by atoms with E-state index in [4.69, 9.17) is 0 Å². The van der Waals surface area contributed by atoms with Crippen LogP contribution in [0.3, 0.4) is 0 Å². The molecule has 0 aliphatic heterocycles. The van der Waals surface area contributed by atoms with Crippen molar-refractivity contribution in [2.24, 2.45) is 4.99 Å². The molecule has 116 valence electrons. The molecule has 2 nitrogen and oxygen atoms in total. The van der Waals surface area contributed by atoms with Crippen molar-refractivity contribution in [3.05, 3.63) is 51.8 Å². The third-order valence-electron chi connectivity index (χ3n) is 4.64. The van der Waals surface area contributed by atoms with Crippen LogP contribution < -0.4 is 0 Å². The summed E-state index contributed by atoms with van der Waals surface area (Å²) in [7, 11) is 0. The topological polar surface area (TPSA) is 17.3 Å². The molecule has 0 atom stereocenters. The first kappa shape index (κ1) is 15.5. The molecule has 2 aromatic rings. The molecule has 1 aromatic carbocycles. The van der Waals surface area contributed by atoms with E-state index in [1.807, 2.05) is 30.5 Å². The first-order valence-corrected chi connectivity index (χ1v) is 8.92. The molecule has 1 heterocycles. The van der Waals surface area contributed by atoms with E-state index in [0.29, 0.717) is 6.04 Å². The monoisotopic (exact) mass is 358 g/mol. The highest BCUT2D eigenvalue weighted by molar-refractivity contribution is 9.10. The van der Waals surface area contributed by atoms with Crippen LogP contribution in [0, 0.1) is 13.8 Å². The standard InChI is InChI=1S/C19H23BrN2/c1-14-12-16(13-21-18-10-8-17(20)9-11-18)15(2)22(14)19-6-4-3-5-7-19/h8-13,19H,3-7H2,1-2H3. The third-order valence-corrected chi connectivity index (χ3v) is 5.17. The van der Waals surface area contributed by atoms with E-state index < -0.39 is 0 Å². The lowest BCUT2D eigenvalue weighted by atomic mass is 9.95. The van der Waals surface area contributed by atoms with E-state index in [9.17, 15) is 0 Å². The van der Waals surface area contributed by atoms with Gasteiger partial charge in [0.15, 0.2) is 0 Å². The molecule has 0 radical (unpaired) electrons. The molecular formula is C19H23BrN2. The Hall–Kier alpha value is -1.35. The summed E-state index contributed by atoms with van der Waals surface area (Å²) in [6, 6.07) is 11.1. The van der Waals surface area contributed by atoms with Gasteiger partial charge >= 0.3 is 0 Å². The zero-order valence-electron chi connectivity index (χ0n) is 13.3. The van der Waals surface area contributed by atoms with E-state index in [2.05, 4.69) is 45.4 Å². The first-order valence-electron chi connectivity index (χ1n) is 8.13. The molecule has 1 aliphatic rings.